The van der Waals surface area contributed by atoms with Gasteiger partial charge in [-0.3, -0.25) is 0 Å². The summed E-state index contributed by atoms with van der Waals surface area (Å²) in [6.07, 6.45) is 15.3. The Hall–Kier alpha value is 0.470. The molecule has 0 fully saturated rings. The number of carbonyl (C=O) groups excluding carboxylic acids is 1. The van der Waals surface area contributed by atoms with Gasteiger partial charge in [0, 0.05) is 26.4 Å². The highest BCUT2D eigenvalue weighted by Crippen LogP contribution is 2.66. The standard InChI is InChI=1S/C24H50N3O2PS4/c1-7-10-12-14-15-16-17-18-21-29-24(28)27(20-9-3)34-26(6)30(32,25(5)23(4)31)33-22-19-13-11-8-2/h7-22H2,1-6H3. The van der Waals surface area contributed by atoms with E-state index in [9.17, 15) is 4.79 Å². The van der Waals surface area contributed by atoms with Crippen LogP contribution in [0.3, 0.4) is 0 Å². The van der Waals surface area contributed by atoms with E-state index in [4.69, 9.17) is 28.8 Å². The molecule has 0 radical (unpaired) electrons. The lowest BCUT2D eigenvalue weighted by molar-refractivity contribution is 0.125. The second-order valence-corrected chi connectivity index (χ2v) is 18.0. The van der Waals surface area contributed by atoms with Gasteiger partial charge < -0.3 is 9.41 Å². The van der Waals surface area contributed by atoms with E-state index in [-0.39, 0.29) is 6.09 Å². The lowest BCUT2D eigenvalue weighted by Gasteiger charge is -2.39. The monoisotopic (exact) mass is 571 g/mol. The average Bonchev–Trinajstić information content (AvgIpc) is 2.81. The molecule has 0 saturated carbocycles. The van der Waals surface area contributed by atoms with Crippen LogP contribution in [0.15, 0.2) is 0 Å². The molecule has 0 spiro atoms. The first-order chi connectivity index (χ1) is 16.2. The number of hydrogen-bond donors (Lipinski definition) is 0. The topological polar surface area (TPSA) is 36.0 Å². The minimum absolute atomic E-state index is 0.266. The van der Waals surface area contributed by atoms with Gasteiger partial charge in [0.2, 0.25) is 0 Å². The molecule has 0 aliphatic rings. The smallest absolute Gasteiger partial charge is 0.420 e. The van der Waals surface area contributed by atoms with E-state index in [1.54, 1.807) is 4.31 Å². The SMILES string of the molecule is CCCCCCCCCCOC(=O)N(CCC)SN(C)P(=S)(SCCCCCC)N(C)C(C)=S. The Labute approximate surface area is 230 Å². The van der Waals surface area contributed by atoms with E-state index in [0.29, 0.717) is 13.2 Å². The van der Waals surface area contributed by atoms with Crippen molar-refractivity contribution in [2.75, 3.05) is 33.0 Å². The predicted octanol–water partition coefficient (Wildman–Crippen LogP) is 9.29. The third-order valence-electron chi connectivity index (χ3n) is 5.52. The van der Waals surface area contributed by atoms with E-state index in [2.05, 4.69) is 29.5 Å². The molecule has 0 aromatic heterocycles. The summed E-state index contributed by atoms with van der Waals surface area (Å²) in [4.78, 5) is 13.6. The zero-order valence-electron chi connectivity index (χ0n) is 22.6. The number of unbranched alkanes of at least 4 members (excludes halogenated alkanes) is 10. The Morgan fingerprint density at radius 2 is 1.38 bits per heavy atom. The number of carbonyl (C=O) groups is 1. The van der Waals surface area contributed by atoms with Crippen LogP contribution in [0.25, 0.3) is 0 Å². The Morgan fingerprint density at radius 1 is 0.853 bits per heavy atom. The van der Waals surface area contributed by atoms with E-state index in [1.807, 2.05) is 32.4 Å². The van der Waals surface area contributed by atoms with Gasteiger partial charge in [-0.15, -0.1) is 0 Å². The normalized spacial score (nSPS) is 13.0. The number of hydrogen-bond acceptors (Lipinski definition) is 6. The van der Waals surface area contributed by atoms with Crippen LogP contribution in [0.2, 0.25) is 0 Å². The van der Waals surface area contributed by atoms with Crippen LogP contribution < -0.4 is 0 Å². The van der Waals surface area contributed by atoms with E-state index >= 15 is 0 Å². The molecule has 1 atom stereocenters. The first-order valence-electron chi connectivity index (χ1n) is 13.1. The second-order valence-electron chi connectivity index (χ2n) is 8.66. The second kappa shape index (κ2) is 21.5. The number of nitrogens with zero attached hydrogens (tertiary/aromatic N) is 3. The Balaban J connectivity index is 4.77. The molecule has 202 valence electrons. The van der Waals surface area contributed by atoms with Crippen molar-refractivity contribution in [1.82, 2.24) is 13.1 Å². The first-order valence-corrected chi connectivity index (χ1v) is 18.5. The minimum Gasteiger partial charge on any atom is -0.449 e. The molecule has 0 aliphatic heterocycles. The van der Waals surface area contributed by atoms with E-state index < -0.39 is 5.54 Å². The summed E-state index contributed by atoms with van der Waals surface area (Å²) < 4.78 is 11.5. The summed E-state index contributed by atoms with van der Waals surface area (Å²) in [5.74, 6) is 1.01. The van der Waals surface area contributed by atoms with Crippen molar-refractivity contribution in [1.29, 1.82) is 0 Å². The molecule has 0 aliphatic carbocycles. The molecule has 0 saturated heterocycles. The number of rotatable bonds is 21. The summed E-state index contributed by atoms with van der Waals surface area (Å²) in [5.41, 5.74) is -2.19. The van der Waals surface area contributed by atoms with Crippen molar-refractivity contribution < 1.29 is 9.53 Å². The summed E-state index contributed by atoms with van der Waals surface area (Å²) >= 11 is 14.9. The Morgan fingerprint density at radius 3 is 1.91 bits per heavy atom. The van der Waals surface area contributed by atoms with Gasteiger partial charge in [-0.05, 0) is 38.0 Å². The van der Waals surface area contributed by atoms with Gasteiger partial charge >= 0.3 is 6.09 Å². The maximum atomic E-state index is 12.8. The maximum Gasteiger partial charge on any atom is 0.420 e. The lowest BCUT2D eigenvalue weighted by Crippen LogP contribution is -2.32. The highest BCUT2D eigenvalue weighted by molar-refractivity contribution is 8.70. The molecular formula is C24H50N3O2PS4. The van der Waals surface area contributed by atoms with Crippen molar-refractivity contribution in [3.8, 4) is 0 Å². The predicted molar refractivity (Wildman–Crippen MR) is 163 cm³/mol. The molecule has 10 heteroatoms. The molecule has 0 aromatic carbocycles. The maximum absolute atomic E-state index is 12.8. The van der Waals surface area contributed by atoms with Gasteiger partial charge in [0.1, 0.15) is 0 Å². The van der Waals surface area contributed by atoms with Crippen molar-refractivity contribution in [3.63, 3.8) is 0 Å². The Kier molecular flexibility index (Phi) is 21.8. The van der Waals surface area contributed by atoms with Gasteiger partial charge in [0.25, 0.3) is 0 Å². The molecule has 0 bridgehead atoms. The fourth-order valence-corrected chi connectivity index (χ4v) is 11.7. The molecule has 0 N–H and O–H groups in total. The average molecular weight is 572 g/mol. The lowest BCUT2D eigenvalue weighted by atomic mass is 10.1. The largest absolute Gasteiger partial charge is 0.449 e. The van der Waals surface area contributed by atoms with Crippen LogP contribution >= 0.6 is 41.3 Å². The minimum atomic E-state index is -2.19. The highest BCUT2D eigenvalue weighted by atomic mass is 32.9. The molecule has 0 heterocycles. The summed E-state index contributed by atoms with van der Waals surface area (Å²) in [6.45, 7) is 9.58. The fraction of sp³-hybridized carbons (Fsp3) is 0.917. The van der Waals surface area contributed by atoms with Gasteiger partial charge in [-0.1, -0.05) is 109 Å². The van der Waals surface area contributed by atoms with Gasteiger partial charge in [-0.2, -0.15) is 4.08 Å². The van der Waals surface area contributed by atoms with Crippen molar-refractivity contribution >= 4 is 64.2 Å². The first kappa shape index (κ1) is 34.5. The third-order valence-corrected chi connectivity index (χ3v) is 16.3. The number of thiocarbonyl (C=S) groups is 1. The van der Waals surface area contributed by atoms with Crippen LogP contribution in [-0.2, 0) is 16.5 Å². The molecule has 5 nitrogen and oxygen atoms in total. The Bertz CT molecular complexity index is 599. The summed E-state index contributed by atoms with van der Waals surface area (Å²) in [6, 6.07) is 0. The molecule has 0 aromatic rings. The van der Waals surface area contributed by atoms with Crippen LogP contribution in [-0.4, -0.2) is 57.1 Å². The number of amides is 1. The molecule has 1 unspecified atom stereocenters. The van der Waals surface area contributed by atoms with Crippen LogP contribution in [0.1, 0.15) is 111 Å². The molecule has 34 heavy (non-hydrogen) atoms. The zero-order valence-corrected chi connectivity index (χ0v) is 26.7. The summed E-state index contributed by atoms with van der Waals surface area (Å²) in [5, 5.41) is 0. The van der Waals surface area contributed by atoms with Crippen molar-refractivity contribution in [3.05, 3.63) is 0 Å². The van der Waals surface area contributed by atoms with Gasteiger partial charge in [0.05, 0.1) is 23.7 Å². The quantitative estimate of drug-likeness (QED) is 0.0584. The van der Waals surface area contributed by atoms with Crippen LogP contribution in [0, 0.1) is 0 Å². The fourth-order valence-electron chi connectivity index (χ4n) is 3.27. The van der Waals surface area contributed by atoms with E-state index in [1.165, 1.54) is 69.9 Å². The van der Waals surface area contributed by atoms with E-state index in [0.717, 1.165) is 36.4 Å². The van der Waals surface area contributed by atoms with Gasteiger partial charge in [0.15, 0.2) is 5.54 Å². The molecule has 1 amide bonds. The van der Waals surface area contributed by atoms with Gasteiger partial charge in [-0.25, -0.2) is 9.10 Å². The zero-order chi connectivity index (χ0) is 25.8. The van der Waals surface area contributed by atoms with Crippen molar-refractivity contribution in [2.24, 2.45) is 0 Å². The molecular weight excluding hydrogens is 522 g/mol. The highest BCUT2D eigenvalue weighted by Gasteiger charge is 2.32. The van der Waals surface area contributed by atoms with Crippen molar-refractivity contribution in [2.45, 2.75) is 111 Å². The molecule has 0 rings (SSSR count). The van der Waals surface area contributed by atoms with Crippen LogP contribution in [0.4, 0.5) is 4.79 Å². The third kappa shape index (κ3) is 14.9. The number of ether oxygens (including phenoxy) is 1. The summed E-state index contributed by atoms with van der Waals surface area (Å²) in [7, 11) is 3.98. The van der Waals surface area contributed by atoms with Crippen LogP contribution in [0.5, 0.6) is 0 Å².